The number of ketones is 1. The van der Waals surface area contributed by atoms with Gasteiger partial charge < -0.3 is 54.6 Å². The van der Waals surface area contributed by atoms with Gasteiger partial charge in [0.2, 0.25) is 0 Å². The van der Waals surface area contributed by atoms with Crippen LogP contribution >= 0.6 is 15.9 Å². The van der Waals surface area contributed by atoms with Crippen LogP contribution in [0.5, 0.6) is 23.0 Å². The van der Waals surface area contributed by atoms with E-state index < -0.39 is 88.8 Å². The van der Waals surface area contributed by atoms with E-state index in [1.807, 2.05) is 12.1 Å². The molecular weight excluding hydrogens is 856 g/mol. The van der Waals surface area contributed by atoms with E-state index in [4.69, 9.17) is 23.8 Å². The fraction of sp³-hybridized carbons (Fsp3) is 0.422. The highest BCUT2D eigenvalue weighted by atomic mass is 79.9. The maximum absolute atomic E-state index is 14.4. The van der Waals surface area contributed by atoms with Crippen LogP contribution in [0.15, 0.2) is 70.0 Å². The minimum atomic E-state index is -2.08. The first-order valence-electron chi connectivity index (χ1n) is 19.7. The summed E-state index contributed by atoms with van der Waals surface area (Å²) in [7, 11) is 1.43. The number of aliphatic hydroxyl groups excluding tert-OH is 2. The van der Waals surface area contributed by atoms with E-state index in [-0.39, 0.29) is 51.1 Å². The van der Waals surface area contributed by atoms with Gasteiger partial charge >= 0.3 is 11.8 Å². The minimum Gasteiger partial charge on any atom is -0.507 e. The van der Waals surface area contributed by atoms with Crippen LogP contribution in [0.2, 0.25) is 0 Å². The molecule has 0 spiro atoms. The number of carbonyl (C=O) groups is 3. The molecule has 5 bridgehead atoms. The van der Waals surface area contributed by atoms with Gasteiger partial charge in [0.25, 0.3) is 11.7 Å². The van der Waals surface area contributed by atoms with Crippen LogP contribution in [0.25, 0.3) is 10.8 Å². The number of ether oxygens (including phenoxy) is 4. The summed E-state index contributed by atoms with van der Waals surface area (Å²) < 4.78 is 24.4. The average molecular weight is 910 g/mol. The monoisotopic (exact) mass is 908 g/mol. The van der Waals surface area contributed by atoms with Gasteiger partial charge in [0.05, 0.1) is 53.0 Å². The van der Waals surface area contributed by atoms with Crippen molar-refractivity contribution in [2.45, 2.75) is 92.2 Å². The van der Waals surface area contributed by atoms with Crippen LogP contribution < -0.4 is 10.1 Å². The number of allylic oxidation sites excluding steroid dienone is 2. The number of esters is 1. The SMILES string of the molecule is COC1/C=C/OC2(C)Oc3c(C)c(O)c4c(O)c(c(/C=N/OCc5ccc(Br)cc5)c(O)c4c3C2=O)NC(=O)/C(C)=C\C=C\C(C)C(O)C(C)C(O)C(C)C(OC(C)=O)C1C. The topological polar surface area (TPSA) is 223 Å². The van der Waals surface area contributed by atoms with E-state index in [9.17, 15) is 39.9 Å². The number of oxime groups is 1. The lowest BCUT2D eigenvalue weighted by atomic mass is 9.78. The Morgan fingerprint density at radius 2 is 1.62 bits per heavy atom. The number of rotatable bonds is 6. The number of phenols is 3. The number of anilines is 1. The zero-order chi connectivity index (χ0) is 45.1. The van der Waals surface area contributed by atoms with Crippen molar-refractivity contribution >= 4 is 56.3 Å². The first kappa shape index (κ1) is 46.6. The number of benzene rings is 3. The smallest absolute Gasteiger partial charge is 0.312 e. The molecule has 9 atom stereocenters. The molecule has 0 fully saturated rings. The zero-order valence-electron chi connectivity index (χ0n) is 35.4. The van der Waals surface area contributed by atoms with Crippen molar-refractivity contribution in [3.05, 3.63) is 87.1 Å². The number of fused-ring (bicyclic) bond motifs is 14. The van der Waals surface area contributed by atoms with Gasteiger partial charge in [-0.05, 0) is 37.6 Å². The standard InChI is InChI=1S/C45H53BrN2O13/c1-21-11-10-12-22(2)44(56)48-35-30(19-47-59-20-28-13-15-29(46)16-14-28)39(53)32-33(40(35)54)38(52)26(6)42-34(32)43(55)45(8,61-42)58-18-17-31(57-9)23(3)41(60-27(7)49)25(5)37(51)24(4)36(21)50/h10-19,21,23-25,31,36-37,41,50-54H,20H2,1-9H3,(H,48,56)/b11-10+,18-17+,22-12-,47-19+. The van der Waals surface area contributed by atoms with Gasteiger partial charge in [0.15, 0.2) is 5.75 Å². The van der Waals surface area contributed by atoms with Crippen molar-refractivity contribution in [3.8, 4) is 23.0 Å². The Morgan fingerprint density at radius 3 is 2.26 bits per heavy atom. The largest absolute Gasteiger partial charge is 0.507 e. The molecule has 3 heterocycles. The van der Waals surface area contributed by atoms with Crippen LogP contribution in [0.4, 0.5) is 5.69 Å². The number of nitrogens with zero attached hydrogens (tertiary/aromatic N) is 1. The second kappa shape index (κ2) is 19.1. The van der Waals surface area contributed by atoms with Crippen LogP contribution in [-0.4, -0.2) is 86.7 Å². The van der Waals surface area contributed by atoms with Crippen molar-refractivity contribution in [2.24, 2.45) is 28.8 Å². The molecule has 0 radical (unpaired) electrons. The summed E-state index contributed by atoms with van der Waals surface area (Å²) >= 11 is 3.38. The van der Waals surface area contributed by atoms with E-state index in [1.54, 1.807) is 52.0 Å². The normalized spacial score (nSPS) is 29.4. The van der Waals surface area contributed by atoms with Crippen molar-refractivity contribution in [1.29, 1.82) is 0 Å². The average Bonchev–Trinajstić information content (AvgIpc) is 3.49. The molecule has 328 valence electrons. The summed E-state index contributed by atoms with van der Waals surface area (Å²) in [5.74, 6) is -8.77. The molecule has 6 N–H and O–H groups in total. The third-order valence-electron chi connectivity index (χ3n) is 11.4. The predicted molar refractivity (Wildman–Crippen MR) is 230 cm³/mol. The fourth-order valence-corrected chi connectivity index (χ4v) is 7.92. The molecule has 9 unspecified atom stereocenters. The number of phenolic OH excluding ortho intramolecular Hbond substituents is 3. The molecule has 1 amide bonds. The molecule has 3 aliphatic heterocycles. The van der Waals surface area contributed by atoms with Crippen molar-refractivity contribution in [3.63, 3.8) is 0 Å². The van der Waals surface area contributed by atoms with E-state index >= 15 is 0 Å². The summed E-state index contributed by atoms with van der Waals surface area (Å²) in [6.07, 6.45) is 4.45. The maximum atomic E-state index is 14.4. The lowest BCUT2D eigenvalue weighted by molar-refractivity contribution is -0.160. The molecule has 3 aromatic rings. The van der Waals surface area contributed by atoms with Gasteiger partial charge in [-0.1, -0.05) is 79.1 Å². The predicted octanol–water partition coefficient (Wildman–Crippen LogP) is 7.07. The third-order valence-corrected chi connectivity index (χ3v) is 12.0. The third kappa shape index (κ3) is 9.57. The molecular formula is C45H53BrN2O13. The molecule has 61 heavy (non-hydrogen) atoms. The Kier molecular flexibility index (Phi) is 14.6. The van der Waals surface area contributed by atoms with E-state index in [0.29, 0.717) is 0 Å². The lowest BCUT2D eigenvalue weighted by Gasteiger charge is -2.38. The Hall–Kier alpha value is -5.42. The number of halogens is 1. The Balaban J connectivity index is 1.68. The highest BCUT2D eigenvalue weighted by molar-refractivity contribution is 9.10. The van der Waals surface area contributed by atoms with Gasteiger partial charge in [-0.3, -0.25) is 14.4 Å². The van der Waals surface area contributed by atoms with Crippen molar-refractivity contribution in [1.82, 2.24) is 0 Å². The quantitative estimate of drug-likeness (QED) is 0.0480. The summed E-state index contributed by atoms with van der Waals surface area (Å²) in [5.41, 5.74) is 0.0678. The van der Waals surface area contributed by atoms with E-state index in [0.717, 1.165) is 16.3 Å². The first-order chi connectivity index (χ1) is 28.7. The fourth-order valence-electron chi connectivity index (χ4n) is 7.65. The Bertz CT molecular complexity index is 2290. The highest BCUT2D eigenvalue weighted by Crippen LogP contribution is 2.55. The number of carbonyl (C=O) groups excluding carboxylic acids is 3. The number of Topliss-reactive ketones (excluding diaryl/α,β-unsaturated/α-hetero) is 1. The molecule has 16 heteroatoms. The second-order valence-corrected chi connectivity index (χ2v) is 16.7. The van der Waals surface area contributed by atoms with Gasteiger partial charge in [0, 0.05) is 65.6 Å². The minimum absolute atomic E-state index is 0.0158. The van der Waals surface area contributed by atoms with Crippen LogP contribution in [0.3, 0.4) is 0 Å². The molecule has 6 rings (SSSR count). The molecule has 0 saturated heterocycles. The maximum Gasteiger partial charge on any atom is 0.312 e. The van der Waals surface area contributed by atoms with Crippen LogP contribution in [0.1, 0.15) is 75.5 Å². The molecule has 0 aliphatic carbocycles. The van der Waals surface area contributed by atoms with E-state index in [2.05, 4.69) is 26.4 Å². The number of hydrogen-bond acceptors (Lipinski definition) is 14. The zero-order valence-corrected chi connectivity index (χ0v) is 37.0. The number of methoxy groups -OCH3 is 1. The van der Waals surface area contributed by atoms with Gasteiger partial charge in [-0.2, -0.15) is 0 Å². The van der Waals surface area contributed by atoms with Gasteiger partial charge in [0.1, 0.15) is 30.0 Å². The molecule has 0 saturated carbocycles. The van der Waals surface area contributed by atoms with Crippen LogP contribution in [-0.2, 0) is 35.2 Å². The number of aliphatic hydroxyl groups is 2. The molecule has 15 nitrogen and oxygen atoms in total. The summed E-state index contributed by atoms with van der Waals surface area (Å²) in [6, 6.07) is 7.25. The molecule has 0 aromatic heterocycles. The molecule has 3 aliphatic rings. The second-order valence-electron chi connectivity index (χ2n) is 15.8. The first-order valence-corrected chi connectivity index (χ1v) is 20.5. The van der Waals surface area contributed by atoms with Crippen LogP contribution in [0, 0.1) is 30.6 Å². The van der Waals surface area contributed by atoms with Crippen molar-refractivity contribution < 1.29 is 63.7 Å². The molecule has 3 aromatic carbocycles. The summed E-state index contributed by atoms with van der Waals surface area (Å²) in [4.78, 5) is 46.0. The summed E-state index contributed by atoms with van der Waals surface area (Å²) in [5, 5.41) is 64.2. The number of amides is 1. The van der Waals surface area contributed by atoms with Gasteiger partial charge in [-0.25, -0.2) is 0 Å². The van der Waals surface area contributed by atoms with Crippen molar-refractivity contribution in [2.75, 3.05) is 12.4 Å². The van der Waals surface area contributed by atoms with Gasteiger partial charge in [-0.15, -0.1) is 0 Å². The lowest BCUT2D eigenvalue weighted by Crippen LogP contribution is -2.46. The van der Waals surface area contributed by atoms with E-state index in [1.165, 1.54) is 53.2 Å². The Labute approximate surface area is 362 Å². The number of hydrogen-bond donors (Lipinski definition) is 6. The summed E-state index contributed by atoms with van der Waals surface area (Å²) in [6.45, 7) is 12.4. The highest BCUT2D eigenvalue weighted by Gasteiger charge is 2.50. The number of nitrogens with one attached hydrogen (secondary N) is 1. The number of aromatic hydroxyl groups is 3. The Morgan fingerprint density at radius 1 is 0.951 bits per heavy atom.